The van der Waals surface area contributed by atoms with E-state index in [0.717, 1.165) is 31.5 Å². The summed E-state index contributed by atoms with van der Waals surface area (Å²) in [4.78, 5) is 16.0. The number of anilines is 1. The first kappa shape index (κ1) is 20.8. The lowest BCUT2D eigenvalue weighted by Crippen LogP contribution is -2.40. The highest BCUT2D eigenvalue weighted by molar-refractivity contribution is 5.94. The van der Waals surface area contributed by atoms with E-state index in [0.29, 0.717) is 18.4 Å². The molecule has 140 valence electrons. The standard InChI is InChI=1S/C17H25F3N4O/c1-4-11(5-2)9-22-17(21-6-3)23-10-14(25)24-13-8-7-12(18)15(19)16(13)20/h7-8,11H,4-6,9-10H2,1-3H3,(H,24,25)(H2,21,22,23). The number of aliphatic imine (C=N–C) groups is 1. The number of benzene rings is 1. The van der Waals surface area contributed by atoms with Crippen molar-refractivity contribution < 1.29 is 18.0 Å². The van der Waals surface area contributed by atoms with Crippen molar-refractivity contribution in [2.45, 2.75) is 33.6 Å². The average Bonchev–Trinajstić information content (AvgIpc) is 2.61. The topological polar surface area (TPSA) is 65.5 Å². The molecule has 3 N–H and O–H groups in total. The highest BCUT2D eigenvalue weighted by Gasteiger charge is 2.15. The van der Waals surface area contributed by atoms with Crippen LogP contribution in [0, 0.1) is 23.4 Å². The maximum Gasteiger partial charge on any atom is 0.246 e. The minimum absolute atomic E-state index is 0.281. The molecule has 0 spiro atoms. The van der Waals surface area contributed by atoms with Crippen LogP contribution in [0.15, 0.2) is 17.1 Å². The van der Waals surface area contributed by atoms with Crippen molar-refractivity contribution in [3.63, 3.8) is 0 Å². The van der Waals surface area contributed by atoms with Crippen LogP contribution in [-0.2, 0) is 4.79 Å². The molecule has 25 heavy (non-hydrogen) atoms. The molecule has 0 saturated heterocycles. The Morgan fingerprint density at radius 1 is 1.08 bits per heavy atom. The van der Waals surface area contributed by atoms with Gasteiger partial charge in [0.05, 0.1) is 5.69 Å². The zero-order valence-electron chi connectivity index (χ0n) is 14.8. The zero-order valence-corrected chi connectivity index (χ0v) is 14.8. The molecular weight excluding hydrogens is 333 g/mol. The molecule has 0 atom stereocenters. The van der Waals surface area contributed by atoms with Crippen LogP contribution in [0.3, 0.4) is 0 Å². The van der Waals surface area contributed by atoms with Crippen LogP contribution < -0.4 is 16.0 Å². The van der Waals surface area contributed by atoms with E-state index >= 15 is 0 Å². The highest BCUT2D eigenvalue weighted by atomic mass is 19.2. The van der Waals surface area contributed by atoms with E-state index in [4.69, 9.17) is 0 Å². The molecule has 0 bridgehead atoms. The summed E-state index contributed by atoms with van der Waals surface area (Å²) in [5.74, 6) is -4.04. The number of carbonyl (C=O) groups is 1. The monoisotopic (exact) mass is 358 g/mol. The second-order valence-corrected chi connectivity index (χ2v) is 5.53. The molecule has 0 aliphatic heterocycles. The maximum atomic E-state index is 13.5. The molecule has 0 aromatic heterocycles. The summed E-state index contributed by atoms with van der Waals surface area (Å²) in [6, 6.07) is 1.71. The Labute approximate surface area is 146 Å². The van der Waals surface area contributed by atoms with Crippen molar-refractivity contribution >= 4 is 17.6 Å². The van der Waals surface area contributed by atoms with Gasteiger partial charge in [0, 0.05) is 13.1 Å². The lowest BCUT2D eigenvalue weighted by atomic mass is 10.0. The Morgan fingerprint density at radius 2 is 1.76 bits per heavy atom. The fourth-order valence-electron chi connectivity index (χ4n) is 2.12. The number of amides is 1. The van der Waals surface area contributed by atoms with Gasteiger partial charge in [0.1, 0.15) is 6.54 Å². The average molecular weight is 358 g/mol. The van der Waals surface area contributed by atoms with E-state index < -0.39 is 29.0 Å². The number of guanidine groups is 1. The van der Waals surface area contributed by atoms with E-state index in [1.807, 2.05) is 6.92 Å². The largest absolute Gasteiger partial charge is 0.357 e. The lowest BCUT2D eigenvalue weighted by Gasteiger charge is -2.16. The molecule has 5 nitrogen and oxygen atoms in total. The van der Waals surface area contributed by atoms with Crippen molar-refractivity contribution in [2.75, 3.05) is 25.0 Å². The summed E-state index contributed by atoms with van der Waals surface area (Å²) in [6.45, 7) is 7.15. The molecule has 0 saturated carbocycles. The van der Waals surface area contributed by atoms with Crippen molar-refractivity contribution in [1.29, 1.82) is 0 Å². The molecule has 8 heteroatoms. The van der Waals surface area contributed by atoms with Gasteiger partial charge < -0.3 is 16.0 Å². The fourth-order valence-corrected chi connectivity index (χ4v) is 2.12. The Morgan fingerprint density at radius 3 is 2.36 bits per heavy atom. The number of hydrogen-bond acceptors (Lipinski definition) is 2. The molecule has 1 aromatic carbocycles. The van der Waals surface area contributed by atoms with Gasteiger partial charge in [-0.25, -0.2) is 18.2 Å². The molecule has 1 rings (SSSR count). The first-order chi connectivity index (χ1) is 11.9. The molecule has 0 heterocycles. The van der Waals surface area contributed by atoms with Crippen LogP contribution in [0.4, 0.5) is 18.9 Å². The SMILES string of the molecule is CCNC(=NCC(=O)Nc1ccc(F)c(F)c1F)NCC(CC)CC. The van der Waals surface area contributed by atoms with Crippen LogP contribution in [0.2, 0.25) is 0 Å². The van der Waals surface area contributed by atoms with Gasteiger partial charge in [-0.15, -0.1) is 0 Å². The highest BCUT2D eigenvalue weighted by Crippen LogP contribution is 2.19. The van der Waals surface area contributed by atoms with Crippen LogP contribution in [0.1, 0.15) is 33.6 Å². The van der Waals surface area contributed by atoms with Crippen LogP contribution >= 0.6 is 0 Å². The van der Waals surface area contributed by atoms with Gasteiger partial charge in [-0.1, -0.05) is 26.7 Å². The number of nitrogens with zero attached hydrogens (tertiary/aromatic N) is 1. The summed E-state index contributed by atoms with van der Waals surface area (Å²) in [5.41, 5.74) is -0.422. The fraction of sp³-hybridized carbons (Fsp3) is 0.529. The molecule has 0 radical (unpaired) electrons. The summed E-state index contributed by atoms with van der Waals surface area (Å²) in [7, 11) is 0. The first-order valence-corrected chi connectivity index (χ1v) is 8.38. The molecule has 1 amide bonds. The molecular formula is C17H25F3N4O. The summed E-state index contributed by atoms with van der Waals surface area (Å²) < 4.78 is 39.6. The van der Waals surface area contributed by atoms with E-state index in [-0.39, 0.29) is 6.54 Å². The van der Waals surface area contributed by atoms with Gasteiger partial charge in [-0.2, -0.15) is 0 Å². The van der Waals surface area contributed by atoms with Crippen molar-refractivity contribution in [3.05, 3.63) is 29.6 Å². The minimum Gasteiger partial charge on any atom is -0.357 e. The van der Waals surface area contributed by atoms with E-state index in [9.17, 15) is 18.0 Å². The Bertz CT molecular complexity index is 604. The molecule has 0 aliphatic rings. The number of carbonyl (C=O) groups excluding carboxylic acids is 1. The Balaban J connectivity index is 2.66. The summed E-state index contributed by atoms with van der Waals surface area (Å²) in [5, 5.41) is 8.33. The molecule has 0 unspecified atom stereocenters. The predicted octanol–water partition coefficient (Wildman–Crippen LogP) is 3.03. The van der Waals surface area contributed by atoms with Crippen LogP contribution in [0.5, 0.6) is 0 Å². The van der Waals surface area contributed by atoms with Gasteiger partial charge in [-0.3, -0.25) is 4.79 Å². The molecule has 1 aromatic rings. The van der Waals surface area contributed by atoms with Gasteiger partial charge in [0.15, 0.2) is 23.4 Å². The predicted molar refractivity (Wildman–Crippen MR) is 93.0 cm³/mol. The van der Waals surface area contributed by atoms with Crippen LogP contribution in [0.25, 0.3) is 0 Å². The first-order valence-electron chi connectivity index (χ1n) is 8.38. The smallest absolute Gasteiger partial charge is 0.246 e. The third kappa shape index (κ3) is 6.64. The summed E-state index contributed by atoms with van der Waals surface area (Å²) in [6.07, 6.45) is 2.05. The quantitative estimate of drug-likeness (QED) is 0.380. The van der Waals surface area contributed by atoms with Crippen molar-refractivity contribution in [1.82, 2.24) is 10.6 Å². The lowest BCUT2D eigenvalue weighted by molar-refractivity contribution is -0.114. The third-order valence-electron chi connectivity index (χ3n) is 3.75. The van der Waals surface area contributed by atoms with Gasteiger partial charge >= 0.3 is 0 Å². The molecule has 0 fully saturated rings. The maximum absolute atomic E-state index is 13.5. The number of nitrogens with one attached hydrogen (secondary N) is 3. The van der Waals surface area contributed by atoms with E-state index in [1.165, 1.54) is 0 Å². The van der Waals surface area contributed by atoms with E-state index in [2.05, 4.69) is 34.8 Å². The number of rotatable bonds is 8. The third-order valence-corrected chi connectivity index (χ3v) is 3.75. The second-order valence-electron chi connectivity index (χ2n) is 5.53. The number of halogens is 3. The zero-order chi connectivity index (χ0) is 18.8. The van der Waals surface area contributed by atoms with Gasteiger partial charge in [0.2, 0.25) is 5.91 Å². The Kier molecular flexibility index (Phi) is 8.80. The molecule has 0 aliphatic carbocycles. The number of hydrogen-bond donors (Lipinski definition) is 3. The van der Waals surface area contributed by atoms with Crippen molar-refractivity contribution in [2.24, 2.45) is 10.9 Å². The van der Waals surface area contributed by atoms with E-state index in [1.54, 1.807) is 0 Å². The van der Waals surface area contributed by atoms with Crippen molar-refractivity contribution in [3.8, 4) is 0 Å². The normalized spacial score (nSPS) is 11.6. The summed E-state index contributed by atoms with van der Waals surface area (Å²) >= 11 is 0. The van der Waals surface area contributed by atoms with Gasteiger partial charge in [0.25, 0.3) is 0 Å². The van der Waals surface area contributed by atoms with Crippen LogP contribution in [-0.4, -0.2) is 31.5 Å². The minimum atomic E-state index is -1.62. The Hall–Kier alpha value is -2.25. The van der Waals surface area contributed by atoms with Gasteiger partial charge in [-0.05, 0) is 25.0 Å². The second kappa shape index (κ2) is 10.6.